The average Bonchev–Trinajstić information content (AvgIpc) is 3.22. The molecule has 1 aromatic heterocycles. The lowest BCUT2D eigenvalue weighted by Crippen LogP contribution is -2.46. The molecular formula is C15H22BrN3O2. The summed E-state index contributed by atoms with van der Waals surface area (Å²) in [6.07, 6.45) is 4.36. The van der Waals surface area contributed by atoms with E-state index in [1.807, 2.05) is 12.3 Å². The first-order valence-corrected chi connectivity index (χ1v) is 8.41. The summed E-state index contributed by atoms with van der Waals surface area (Å²) >= 11 is 3.47. The average molecular weight is 356 g/mol. The van der Waals surface area contributed by atoms with E-state index in [2.05, 4.69) is 37.6 Å². The topological polar surface area (TPSA) is 46.5 Å². The summed E-state index contributed by atoms with van der Waals surface area (Å²) in [6, 6.07) is 2.55. The molecule has 0 spiro atoms. The quantitative estimate of drug-likeness (QED) is 0.878. The molecule has 2 fully saturated rings. The van der Waals surface area contributed by atoms with Gasteiger partial charge in [0, 0.05) is 42.4 Å². The fourth-order valence-electron chi connectivity index (χ4n) is 2.80. The molecule has 1 saturated heterocycles. The van der Waals surface area contributed by atoms with Crippen molar-refractivity contribution in [1.29, 1.82) is 0 Å². The van der Waals surface area contributed by atoms with E-state index in [-0.39, 0.29) is 11.9 Å². The van der Waals surface area contributed by atoms with Crippen molar-refractivity contribution in [1.82, 2.24) is 14.8 Å². The molecule has 6 heteroatoms. The first-order valence-electron chi connectivity index (χ1n) is 7.62. The SMILES string of the molecule is CC(CN1CCOCC1)NC(=O)c1cc(Br)cn1C1CC1. The number of morpholine rings is 1. The number of carbonyl (C=O) groups is 1. The molecular weight excluding hydrogens is 334 g/mol. The highest BCUT2D eigenvalue weighted by Gasteiger charge is 2.28. The number of aromatic nitrogens is 1. The molecule has 3 rings (SSSR count). The number of rotatable bonds is 5. The smallest absolute Gasteiger partial charge is 0.268 e. The van der Waals surface area contributed by atoms with Crippen LogP contribution in [0.2, 0.25) is 0 Å². The third-order valence-electron chi connectivity index (χ3n) is 4.00. The molecule has 0 aromatic carbocycles. The number of amides is 1. The van der Waals surface area contributed by atoms with Crippen molar-refractivity contribution in [2.75, 3.05) is 32.8 Å². The zero-order valence-electron chi connectivity index (χ0n) is 12.3. The molecule has 21 heavy (non-hydrogen) atoms. The van der Waals surface area contributed by atoms with Crippen LogP contribution in [0.5, 0.6) is 0 Å². The predicted octanol–water partition coefficient (Wildman–Crippen LogP) is 2.04. The van der Waals surface area contributed by atoms with E-state index in [9.17, 15) is 4.79 Å². The van der Waals surface area contributed by atoms with E-state index in [0.29, 0.717) is 6.04 Å². The van der Waals surface area contributed by atoms with Gasteiger partial charge in [0.25, 0.3) is 5.91 Å². The van der Waals surface area contributed by atoms with Crippen LogP contribution in [0.3, 0.4) is 0 Å². The molecule has 116 valence electrons. The Morgan fingerprint density at radius 3 is 2.86 bits per heavy atom. The van der Waals surface area contributed by atoms with Gasteiger partial charge in [-0.15, -0.1) is 0 Å². The fraction of sp³-hybridized carbons (Fsp3) is 0.667. The monoisotopic (exact) mass is 355 g/mol. The second kappa shape index (κ2) is 6.50. The van der Waals surface area contributed by atoms with Gasteiger partial charge in [-0.25, -0.2) is 0 Å². The summed E-state index contributed by atoms with van der Waals surface area (Å²) in [5, 5.41) is 3.12. The van der Waals surface area contributed by atoms with E-state index in [0.717, 1.165) is 43.0 Å². The lowest BCUT2D eigenvalue weighted by Gasteiger charge is -2.29. The summed E-state index contributed by atoms with van der Waals surface area (Å²) in [5.74, 6) is 0.0216. The zero-order valence-corrected chi connectivity index (χ0v) is 13.9. The molecule has 2 aliphatic rings. The number of hydrogen-bond donors (Lipinski definition) is 1. The highest BCUT2D eigenvalue weighted by atomic mass is 79.9. The maximum atomic E-state index is 12.5. The Bertz CT molecular complexity index is 507. The molecule has 1 N–H and O–H groups in total. The van der Waals surface area contributed by atoms with Gasteiger partial charge >= 0.3 is 0 Å². The second-order valence-corrected chi connectivity index (χ2v) is 6.89. The van der Waals surface area contributed by atoms with Crippen LogP contribution in [-0.2, 0) is 4.74 Å². The Morgan fingerprint density at radius 2 is 2.19 bits per heavy atom. The van der Waals surface area contributed by atoms with E-state index < -0.39 is 0 Å². The van der Waals surface area contributed by atoms with Gasteiger partial charge in [0.05, 0.1) is 13.2 Å². The molecule has 1 aromatic rings. The molecule has 1 unspecified atom stereocenters. The van der Waals surface area contributed by atoms with Crippen LogP contribution >= 0.6 is 15.9 Å². The van der Waals surface area contributed by atoms with Crippen molar-refractivity contribution in [2.24, 2.45) is 0 Å². The van der Waals surface area contributed by atoms with Crippen molar-refractivity contribution < 1.29 is 9.53 Å². The minimum absolute atomic E-state index is 0.0216. The normalized spacial score (nSPS) is 21.2. The summed E-state index contributed by atoms with van der Waals surface area (Å²) < 4.78 is 8.42. The van der Waals surface area contributed by atoms with Crippen molar-refractivity contribution in [3.63, 3.8) is 0 Å². The fourth-order valence-corrected chi connectivity index (χ4v) is 3.23. The second-order valence-electron chi connectivity index (χ2n) is 5.97. The van der Waals surface area contributed by atoms with Gasteiger partial charge in [-0.3, -0.25) is 9.69 Å². The number of halogens is 1. The van der Waals surface area contributed by atoms with Crippen LogP contribution in [-0.4, -0.2) is 54.3 Å². The van der Waals surface area contributed by atoms with Gasteiger partial charge in [0.1, 0.15) is 5.69 Å². The van der Waals surface area contributed by atoms with E-state index in [1.54, 1.807) is 0 Å². The lowest BCUT2D eigenvalue weighted by molar-refractivity contribution is 0.0342. The van der Waals surface area contributed by atoms with Gasteiger partial charge in [0.15, 0.2) is 0 Å². The van der Waals surface area contributed by atoms with Gasteiger partial charge in [-0.2, -0.15) is 0 Å². The number of nitrogens with zero attached hydrogens (tertiary/aromatic N) is 2. The first kappa shape index (κ1) is 15.1. The van der Waals surface area contributed by atoms with Crippen LogP contribution in [0.25, 0.3) is 0 Å². The van der Waals surface area contributed by atoms with Crippen LogP contribution < -0.4 is 5.32 Å². The highest BCUT2D eigenvalue weighted by molar-refractivity contribution is 9.10. The zero-order chi connectivity index (χ0) is 14.8. The standard InChI is InChI=1S/C15H22BrN3O2/c1-11(9-18-4-6-21-7-5-18)17-15(20)14-8-12(16)10-19(14)13-2-3-13/h8,10-11,13H,2-7,9H2,1H3,(H,17,20). The minimum Gasteiger partial charge on any atom is -0.379 e. The first-order chi connectivity index (χ1) is 10.1. The Hall–Kier alpha value is -0.850. The van der Waals surface area contributed by atoms with Gasteiger partial charge < -0.3 is 14.6 Å². The third-order valence-corrected chi connectivity index (χ3v) is 4.44. The number of ether oxygens (including phenoxy) is 1. The maximum absolute atomic E-state index is 12.5. The molecule has 1 amide bonds. The number of nitrogens with one attached hydrogen (secondary N) is 1. The lowest BCUT2D eigenvalue weighted by atomic mass is 10.2. The van der Waals surface area contributed by atoms with E-state index >= 15 is 0 Å². The minimum atomic E-state index is 0.0216. The summed E-state index contributed by atoms with van der Waals surface area (Å²) in [6.45, 7) is 6.41. The van der Waals surface area contributed by atoms with Gasteiger partial charge in [-0.1, -0.05) is 0 Å². The van der Waals surface area contributed by atoms with E-state index in [1.165, 1.54) is 12.8 Å². The molecule has 1 aliphatic heterocycles. The maximum Gasteiger partial charge on any atom is 0.268 e. The largest absolute Gasteiger partial charge is 0.379 e. The van der Waals surface area contributed by atoms with Crippen LogP contribution in [0.1, 0.15) is 36.3 Å². The molecule has 2 heterocycles. The van der Waals surface area contributed by atoms with Crippen LogP contribution in [0.15, 0.2) is 16.7 Å². The van der Waals surface area contributed by atoms with Crippen molar-refractivity contribution in [2.45, 2.75) is 31.8 Å². The Balaban J connectivity index is 1.57. The molecule has 1 aliphatic carbocycles. The summed E-state index contributed by atoms with van der Waals surface area (Å²) in [7, 11) is 0. The number of hydrogen-bond acceptors (Lipinski definition) is 3. The Kier molecular flexibility index (Phi) is 4.66. The van der Waals surface area contributed by atoms with Crippen LogP contribution in [0.4, 0.5) is 0 Å². The predicted molar refractivity (Wildman–Crippen MR) is 84.6 cm³/mol. The third kappa shape index (κ3) is 3.87. The van der Waals surface area contributed by atoms with Crippen LogP contribution in [0, 0.1) is 0 Å². The van der Waals surface area contributed by atoms with Gasteiger partial charge in [0.2, 0.25) is 0 Å². The highest BCUT2D eigenvalue weighted by Crippen LogP contribution is 2.37. The molecule has 1 saturated carbocycles. The Labute approximate surface area is 133 Å². The van der Waals surface area contributed by atoms with Crippen molar-refractivity contribution in [3.8, 4) is 0 Å². The van der Waals surface area contributed by atoms with Crippen molar-refractivity contribution >= 4 is 21.8 Å². The molecule has 0 radical (unpaired) electrons. The summed E-state index contributed by atoms with van der Waals surface area (Å²) in [4.78, 5) is 14.8. The number of carbonyl (C=O) groups excluding carboxylic acids is 1. The molecule has 5 nitrogen and oxygen atoms in total. The van der Waals surface area contributed by atoms with Crippen molar-refractivity contribution in [3.05, 3.63) is 22.4 Å². The van der Waals surface area contributed by atoms with Gasteiger partial charge in [-0.05, 0) is 41.8 Å². The Morgan fingerprint density at radius 1 is 1.48 bits per heavy atom. The molecule has 0 bridgehead atoms. The summed E-state index contributed by atoms with van der Waals surface area (Å²) in [5.41, 5.74) is 0.762. The molecule has 1 atom stereocenters. The van der Waals surface area contributed by atoms with E-state index in [4.69, 9.17) is 4.74 Å².